The van der Waals surface area contributed by atoms with Crippen molar-refractivity contribution in [3.05, 3.63) is 35.0 Å². The maximum absolute atomic E-state index is 9.48. The molecule has 0 aliphatic carbocycles. The van der Waals surface area contributed by atoms with E-state index in [0.717, 1.165) is 11.2 Å². The van der Waals surface area contributed by atoms with Crippen molar-refractivity contribution in [1.82, 2.24) is 19.5 Å². The summed E-state index contributed by atoms with van der Waals surface area (Å²) in [5.41, 5.74) is 1.46. The zero-order valence-electron chi connectivity index (χ0n) is 11.0. The number of nitrogens with zero attached hydrogens (tertiary/aromatic N) is 4. The summed E-state index contributed by atoms with van der Waals surface area (Å²) in [7, 11) is 0. The number of thiophene rings is 1. The minimum Gasteiger partial charge on any atom is -0.392 e. The zero-order valence-corrected chi connectivity index (χ0v) is 11.8. The molecule has 0 fully saturated rings. The third-order valence-corrected chi connectivity index (χ3v) is 3.75. The number of hydrogen-bond donors (Lipinski definition) is 2. The van der Waals surface area contributed by atoms with Crippen LogP contribution in [0.5, 0.6) is 0 Å². The lowest BCUT2D eigenvalue weighted by atomic mass is 10.4. The van der Waals surface area contributed by atoms with Crippen molar-refractivity contribution in [3.63, 3.8) is 0 Å². The van der Waals surface area contributed by atoms with Crippen LogP contribution >= 0.6 is 11.3 Å². The molecule has 3 heterocycles. The molecule has 7 heteroatoms. The van der Waals surface area contributed by atoms with E-state index in [-0.39, 0.29) is 0 Å². The van der Waals surface area contributed by atoms with E-state index in [0.29, 0.717) is 18.9 Å². The monoisotopic (exact) mass is 289 g/mol. The molecule has 0 aromatic carbocycles. The van der Waals surface area contributed by atoms with Gasteiger partial charge in [0.25, 0.3) is 0 Å². The standard InChI is InChI=1S/C13H15N5OS/c1-9(19)6-18-8-17-11-12(15-7-16-13(11)18)14-5-10-3-2-4-20-10/h2-4,7-9,19H,5-6H2,1H3,(H,14,15,16)/t9-/m1/s1. The Bertz CT molecular complexity index is 692. The second-order valence-electron chi connectivity index (χ2n) is 4.57. The average Bonchev–Trinajstić information content (AvgIpc) is 3.06. The number of aliphatic hydroxyl groups excluding tert-OH is 1. The molecule has 104 valence electrons. The molecular formula is C13H15N5OS. The summed E-state index contributed by atoms with van der Waals surface area (Å²) in [4.78, 5) is 14.1. The Morgan fingerprint density at radius 3 is 3.05 bits per heavy atom. The molecular weight excluding hydrogens is 274 g/mol. The van der Waals surface area contributed by atoms with Gasteiger partial charge in [-0.25, -0.2) is 15.0 Å². The highest BCUT2D eigenvalue weighted by atomic mass is 32.1. The van der Waals surface area contributed by atoms with Crippen molar-refractivity contribution >= 4 is 28.3 Å². The van der Waals surface area contributed by atoms with E-state index >= 15 is 0 Å². The molecule has 0 spiro atoms. The van der Waals surface area contributed by atoms with Crippen LogP contribution in [-0.2, 0) is 13.1 Å². The van der Waals surface area contributed by atoms with Crippen LogP contribution in [-0.4, -0.2) is 30.7 Å². The molecule has 0 aliphatic heterocycles. The highest BCUT2D eigenvalue weighted by molar-refractivity contribution is 7.09. The van der Waals surface area contributed by atoms with E-state index in [1.807, 2.05) is 16.0 Å². The van der Waals surface area contributed by atoms with E-state index in [2.05, 4.69) is 26.3 Å². The predicted octanol–water partition coefficient (Wildman–Crippen LogP) is 1.88. The summed E-state index contributed by atoms with van der Waals surface area (Å²) in [6.07, 6.45) is 2.76. The Balaban J connectivity index is 1.86. The number of fused-ring (bicyclic) bond motifs is 1. The molecule has 3 rings (SSSR count). The van der Waals surface area contributed by atoms with Crippen LogP contribution in [0, 0.1) is 0 Å². The molecule has 0 unspecified atom stereocenters. The summed E-state index contributed by atoms with van der Waals surface area (Å²) in [6.45, 7) is 2.92. The first-order chi connectivity index (χ1) is 9.74. The van der Waals surface area contributed by atoms with Gasteiger partial charge in [0, 0.05) is 4.88 Å². The third kappa shape index (κ3) is 2.63. The number of hydrogen-bond acceptors (Lipinski definition) is 6. The average molecular weight is 289 g/mol. The normalized spacial score (nSPS) is 12.7. The van der Waals surface area contributed by atoms with E-state index in [4.69, 9.17) is 0 Å². The highest BCUT2D eigenvalue weighted by Gasteiger charge is 2.11. The lowest BCUT2D eigenvalue weighted by molar-refractivity contribution is 0.175. The van der Waals surface area contributed by atoms with Gasteiger partial charge < -0.3 is 15.0 Å². The molecule has 6 nitrogen and oxygen atoms in total. The molecule has 3 aromatic heterocycles. The van der Waals surface area contributed by atoms with Gasteiger partial charge in [-0.05, 0) is 18.4 Å². The van der Waals surface area contributed by atoms with E-state index in [1.165, 1.54) is 11.2 Å². The summed E-state index contributed by atoms with van der Waals surface area (Å²) in [5, 5.41) is 14.8. The second-order valence-corrected chi connectivity index (χ2v) is 5.61. The van der Waals surface area contributed by atoms with E-state index in [1.54, 1.807) is 24.6 Å². The van der Waals surface area contributed by atoms with Crippen molar-refractivity contribution < 1.29 is 5.11 Å². The third-order valence-electron chi connectivity index (χ3n) is 2.87. The Morgan fingerprint density at radius 1 is 1.40 bits per heavy atom. The van der Waals surface area contributed by atoms with Crippen LogP contribution in [0.4, 0.5) is 5.82 Å². The lowest BCUT2D eigenvalue weighted by Gasteiger charge is -2.07. The first-order valence-corrected chi connectivity index (χ1v) is 7.22. The molecule has 0 amide bonds. The predicted molar refractivity (Wildman–Crippen MR) is 78.6 cm³/mol. The maximum Gasteiger partial charge on any atom is 0.165 e. The van der Waals surface area contributed by atoms with Crippen LogP contribution in [0.25, 0.3) is 11.2 Å². The van der Waals surface area contributed by atoms with Gasteiger partial charge in [0.15, 0.2) is 11.5 Å². The fourth-order valence-electron chi connectivity index (χ4n) is 2.01. The number of nitrogens with one attached hydrogen (secondary N) is 1. The molecule has 0 saturated carbocycles. The first-order valence-electron chi connectivity index (χ1n) is 6.34. The molecule has 0 saturated heterocycles. The SMILES string of the molecule is C[C@@H](O)Cn1cnc2c(NCc3cccs3)ncnc21. The van der Waals surface area contributed by atoms with E-state index < -0.39 is 6.10 Å². The van der Waals surface area contributed by atoms with Gasteiger partial charge in [0.1, 0.15) is 11.8 Å². The van der Waals surface area contributed by atoms with Crippen LogP contribution in [0.2, 0.25) is 0 Å². The molecule has 0 bridgehead atoms. The van der Waals surface area contributed by atoms with Crippen molar-refractivity contribution in [2.45, 2.75) is 26.1 Å². The van der Waals surface area contributed by atoms with Crippen molar-refractivity contribution in [3.8, 4) is 0 Å². The number of rotatable bonds is 5. The quantitative estimate of drug-likeness (QED) is 0.750. The minimum atomic E-state index is -0.440. The second kappa shape index (κ2) is 5.56. The largest absolute Gasteiger partial charge is 0.392 e. The van der Waals surface area contributed by atoms with Gasteiger partial charge in [-0.3, -0.25) is 0 Å². The maximum atomic E-state index is 9.48. The van der Waals surface area contributed by atoms with E-state index in [9.17, 15) is 5.11 Å². The fourth-order valence-corrected chi connectivity index (χ4v) is 2.66. The van der Waals surface area contributed by atoms with Gasteiger partial charge in [-0.15, -0.1) is 11.3 Å². The molecule has 3 aromatic rings. The van der Waals surface area contributed by atoms with Crippen LogP contribution < -0.4 is 5.32 Å². The van der Waals surface area contributed by atoms with Gasteiger partial charge in [-0.2, -0.15) is 0 Å². The number of imidazole rings is 1. The first kappa shape index (κ1) is 13.0. The number of aromatic nitrogens is 4. The topological polar surface area (TPSA) is 75.9 Å². The Morgan fingerprint density at radius 2 is 2.30 bits per heavy atom. The fraction of sp³-hybridized carbons (Fsp3) is 0.308. The molecule has 1 atom stereocenters. The minimum absolute atomic E-state index is 0.440. The Kier molecular flexibility index (Phi) is 3.62. The summed E-state index contributed by atoms with van der Waals surface area (Å²) in [5.74, 6) is 0.716. The molecule has 0 radical (unpaired) electrons. The summed E-state index contributed by atoms with van der Waals surface area (Å²) >= 11 is 1.70. The van der Waals surface area contributed by atoms with Gasteiger partial charge in [0.2, 0.25) is 0 Å². The number of anilines is 1. The van der Waals surface area contributed by atoms with Crippen molar-refractivity contribution in [1.29, 1.82) is 0 Å². The Hall–Kier alpha value is -1.99. The zero-order chi connectivity index (χ0) is 13.9. The summed E-state index contributed by atoms with van der Waals surface area (Å²) < 4.78 is 1.83. The van der Waals surface area contributed by atoms with Crippen molar-refractivity contribution in [2.75, 3.05) is 5.32 Å². The highest BCUT2D eigenvalue weighted by Crippen LogP contribution is 2.19. The lowest BCUT2D eigenvalue weighted by Crippen LogP contribution is -2.11. The van der Waals surface area contributed by atoms with Crippen LogP contribution in [0.3, 0.4) is 0 Å². The molecule has 20 heavy (non-hydrogen) atoms. The summed E-state index contributed by atoms with van der Waals surface area (Å²) in [6, 6.07) is 4.09. The van der Waals surface area contributed by atoms with Crippen LogP contribution in [0.1, 0.15) is 11.8 Å². The van der Waals surface area contributed by atoms with Crippen LogP contribution in [0.15, 0.2) is 30.2 Å². The molecule has 0 aliphatic rings. The van der Waals surface area contributed by atoms with Crippen molar-refractivity contribution in [2.24, 2.45) is 0 Å². The Labute approximate surface area is 120 Å². The smallest absolute Gasteiger partial charge is 0.165 e. The molecule has 2 N–H and O–H groups in total. The number of aliphatic hydroxyl groups is 1. The van der Waals surface area contributed by atoms with Gasteiger partial charge in [0.05, 0.1) is 25.5 Å². The van der Waals surface area contributed by atoms with Gasteiger partial charge in [-0.1, -0.05) is 6.07 Å². The van der Waals surface area contributed by atoms with Gasteiger partial charge >= 0.3 is 0 Å².